The highest BCUT2D eigenvalue weighted by molar-refractivity contribution is 9.11. The van der Waals surface area contributed by atoms with Gasteiger partial charge >= 0.3 is 0 Å². The molecule has 0 aliphatic heterocycles. The Labute approximate surface area is 179 Å². The molecule has 0 saturated heterocycles. The first kappa shape index (κ1) is 18.9. The van der Waals surface area contributed by atoms with E-state index in [4.69, 9.17) is 0 Å². The van der Waals surface area contributed by atoms with E-state index in [1.165, 1.54) is 0 Å². The van der Waals surface area contributed by atoms with Gasteiger partial charge in [-0.3, -0.25) is 14.9 Å². The highest BCUT2D eigenvalue weighted by atomic mass is 79.9. The molecule has 0 spiro atoms. The molecule has 1 heterocycles. The number of rotatable bonds is 3. The molecule has 0 amide bonds. The van der Waals surface area contributed by atoms with Crippen molar-refractivity contribution in [3.05, 3.63) is 90.7 Å². The van der Waals surface area contributed by atoms with Gasteiger partial charge in [-0.25, -0.2) is 4.68 Å². The van der Waals surface area contributed by atoms with Crippen molar-refractivity contribution < 1.29 is 0 Å². The summed E-state index contributed by atoms with van der Waals surface area (Å²) in [7, 11) is 0. The van der Waals surface area contributed by atoms with Crippen LogP contribution in [0.5, 0.6) is 0 Å². The lowest BCUT2D eigenvalue weighted by Gasteiger charge is -2.04. The Morgan fingerprint density at radius 1 is 0.964 bits per heavy atom. The highest BCUT2D eigenvalue weighted by Crippen LogP contribution is 2.31. The van der Waals surface area contributed by atoms with Crippen molar-refractivity contribution in [1.29, 1.82) is 0 Å². The van der Waals surface area contributed by atoms with Crippen LogP contribution in [0.4, 0.5) is 5.69 Å². The summed E-state index contributed by atoms with van der Waals surface area (Å²) in [5, 5.41) is 5.27. The van der Waals surface area contributed by atoms with E-state index < -0.39 is 0 Å². The maximum Gasteiger partial charge on any atom is 0.280 e. The SMILES string of the molecule is Cc1cc(-n2[nH]c(C)c(C=Nc3ccc(Br)c4ccccc34)c2=O)ccc1Br. The molecule has 140 valence electrons. The van der Waals surface area contributed by atoms with E-state index in [2.05, 4.69) is 42.0 Å². The lowest BCUT2D eigenvalue weighted by atomic mass is 10.1. The highest BCUT2D eigenvalue weighted by Gasteiger charge is 2.12. The molecule has 1 N–H and O–H groups in total. The average Bonchev–Trinajstić information content (AvgIpc) is 2.98. The lowest BCUT2D eigenvalue weighted by Crippen LogP contribution is -2.17. The van der Waals surface area contributed by atoms with E-state index >= 15 is 0 Å². The van der Waals surface area contributed by atoms with E-state index in [-0.39, 0.29) is 5.56 Å². The Bertz CT molecular complexity index is 1280. The van der Waals surface area contributed by atoms with E-state index in [0.29, 0.717) is 5.56 Å². The largest absolute Gasteiger partial charge is 0.295 e. The standard InChI is InChI=1S/C22H17Br2N3O/c1-13-11-15(7-8-19(13)23)27-22(28)18(14(2)26-27)12-25-21-10-9-20(24)16-5-3-4-6-17(16)21/h3-12,26H,1-2H3. The van der Waals surface area contributed by atoms with Crippen LogP contribution in [0.1, 0.15) is 16.8 Å². The van der Waals surface area contributed by atoms with Crippen LogP contribution in [0.25, 0.3) is 16.5 Å². The number of aliphatic imine (C=N–C) groups is 1. The fourth-order valence-electron chi connectivity index (χ4n) is 3.15. The summed E-state index contributed by atoms with van der Waals surface area (Å²) in [5.74, 6) is 0. The summed E-state index contributed by atoms with van der Waals surface area (Å²) < 4.78 is 3.58. The van der Waals surface area contributed by atoms with Crippen molar-refractivity contribution in [2.75, 3.05) is 0 Å². The maximum absolute atomic E-state index is 12.9. The molecule has 0 fully saturated rings. The molecule has 0 atom stereocenters. The maximum atomic E-state index is 12.9. The monoisotopic (exact) mass is 497 g/mol. The van der Waals surface area contributed by atoms with Gasteiger partial charge in [0.15, 0.2) is 0 Å². The number of aromatic nitrogens is 2. The number of nitrogens with zero attached hydrogens (tertiary/aromatic N) is 2. The molecule has 0 aliphatic rings. The number of benzene rings is 3. The summed E-state index contributed by atoms with van der Waals surface area (Å²) in [6, 6.07) is 17.8. The number of aryl methyl sites for hydroxylation is 2. The van der Waals surface area contributed by atoms with E-state index in [1.54, 1.807) is 10.9 Å². The Morgan fingerprint density at radius 3 is 2.43 bits per heavy atom. The van der Waals surface area contributed by atoms with Crippen molar-refractivity contribution >= 4 is 54.5 Å². The van der Waals surface area contributed by atoms with Gasteiger partial charge in [0.2, 0.25) is 0 Å². The average molecular weight is 499 g/mol. The number of hydrogen-bond acceptors (Lipinski definition) is 2. The van der Waals surface area contributed by atoms with Gasteiger partial charge in [0.25, 0.3) is 5.56 Å². The number of hydrogen-bond donors (Lipinski definition) is 1. The third kappa shape index (κ3) is 3.38. The molecule has 3 aromatic carbocycles. The van der Waals surface area contributed by atoms with E-state index in [1.807, 2.05) is 68.4 Å². The molecule has 0 aliphatic carbocycles. The second kappa shape index (κ2) is 7.53. The summed E-state index contributed by atoms with van der Waals surface area (Å²) in [4.78, 5) is 17.6. The number of aromatic amines is 1. The first-order valence-electron chi connectivity index (χ1n) is 8.75. The number of H-pyrrole nitrogens is 1. The third-order valence-electron chi connectivity index (χ3n) is 4.70. The van der Waals surface area contributed by atoms with Crippen molar-refractivity contribution in [3.63, 3.8) is 0 Å². The lowest BCUT2D eigenvalue weighted by molar-refractivity contribution is 0.834. The zero-order chi connectivity index (χ0) is 19.8. The molecule has 4 nitrogen and oxygen atoms in total. The zero-order valence-electron chi connectivity index (χ0n) is 15.3. The normalized spacial score (nSPS) is 11.6. The molecule has 4 aromatic rings. The number of fused-ring (bicyclic) bond motifs is 1. The van der Waals surface area contributed by atoms with Crippen molar-refractivity contribution in [2.24, 2.45) is 4.99 Å². The van der Waals surface area contributed by atoms with Crippen molar-refractivity contribution in [3.8, 4) is 5.69 Å². The van der Waals surface area contributed by atoms with Crippen LogP contribution in [0.2, 0.25) is 0 Å². The Kier molecular flexibility index (Phi) is 5.08. The minimum absolute atomic E-state index is 0.121. The molecule has 0 radical (unpaired) electrons. The zero-order valence-corrected chi connectivity index (χ0v) is 18.5. The van der Waals surface area contributed by atoms with E-state index in [9.17, 15) is 4.79 Å². The van der Waals surface area contributed by atoms with Crippen LogP contribution < -0.4 is 5.56 Å². The van der Waals surface area contributed by atoms with Gasteiger partial charge in [-0.2, -0.15) is 0 Å². The van der Waals surface area contributed by atoms with Crippen LogP contribution in [-0.4, -0.2) is 16.0 Å². The van der Waals surface area contributed by atoms with Gasteiger partial charge in [0, 0.05) is 26.2 Å². The molecule has 0 bridgehead atoms. The van der Waals surface area contributed by atoms with Gasteiger partial charge in [0.05, 0.1) is 16.9 Å². The second-order valence-corrected chi connectivity index (χ2v) is 8.30. The summed E-state index contributed by atoms with van der Waals surface area (Å²) in [6.07, 6.45) is 1.64. The van der Waals surface area contributed by atoms with Crippen LogP contribution in [0.15, 0.2) is 73.3 Å². The molecule has 4 rings (SSSR count). The third-order valence-corrected chi connectivity index (χ3v) is 6.28. The van der Waals surface area contributed by atoms with Crippen LogP contribution >= 0.6 is 31.9 Å². The minimum atomic E-state index is -0.121. The number of halogens is 2. The van der Waals surface area contributed by atoms with Crippen molar-refractivity contribution in [1.82, 2.24) is 9.78 Å². The van der Waals surface area contributed by atoms with Crippen LogP contribution in [0.3, 0.4) is 0 Å². The molecular formula is C22H17Br2N3O. The van der Waals surface area contributed by atoms with E-state index in [0.717, 1.165) is 42.4 Å². The fourth-order valence-corrected chi connectivity index (χ4v) is 3.88. The van der Waals surface area contributed by atoms with Gasteiger partial charge in [-0.1, -0.05) is 56.1 Å². The minimum Gasteiger partial charge on any atom is -0.295 e. The molecule has 1 aromatic heterocycles. The Balaban J connectivity index is 1.78. The molecule has 28 heavy (non-hydrogen) atoms. The summed E-state index contributed by atoms with van der Waals surface area (Å²) >= 11 is 7.07. The quantitative estimate of drug-likeness (QED) is 0.335. The first-order chi connectivity index (χ1) is 13.5. The predicted octanol–water partition coefficient (Wildman–Crippen LogP) is 6.21. The van der Waals surface area contributed by atoms with Gasteiger partial charge in [-0.05, 0) is 55.1 Å². The molecule has 0 unspecified atom stereocenters. The first-order valence-corrected chi connectivity index (χ1v) is 10.3. The van der Waals surface area contributed by atoms with Crippen LogP contribution in [0, 0.1) is 13.8 Å². The Morgan fingerprint density at radius 2 is 1.68 bits per heavy atom. The summed E-state index contributed by atoms with van der Waals surface area (Å²) in [6.45, 7) is 3.88. The van der Waals surface area contributed by atoms with Gasteiger partial charge < -0.3 is 0 Å². The van der Waals surface area contributed by atoms with Crippen LogP contribution in [-0.2, 0) is 0 Å². The second-order valence-electron chi connectivity index (χ2n) is 6.59. The topological polar surface area (TPSA) is 50.1 Å². The molecule has 0 saturated carbocycles. The summed E-state index contributed by atoms with van der Waals surface area (Å²) in [5.41, 5.74) is 3.88. The molecule has 6 heteroatoms. The smallest absolute Gasteiger partial charge is 0.280 e. The van der Waals surface area contributed by atoms with Crippen molar-refractivity contribution in [2.45, 2.75) is 13.8 Å². The Hall–Kier alpha value is -2.44. The predicted molar refractivity (Wildman–Crippen MR) is 122 cm³/mol. The van der Waals surface area contributed by atoms with Gasteiger partial charge in [-0.15, -0.1) is 0 Å². The number of nitrogens with one attached hydrogen (secondary N) is 1. The fraction of sp³-hybridized carbons (Fsp3) is 0.0909. The molecular weight excluding hydrogens is 482 g/mol. The van der Waals surface area contributed by atoms with Gasteiger partial charge in [0.1, 0.15) is 0 Å².